The van der Waals surface area contributed by atoms with Gasteiger partial charge in [0.1, 0.15) is 0 Å². The van der Waals surface area contributed by atoms with E-state index in [-0.39, 0.29) is 12.5 Å². The highest BCUT2D eigenvalue weighted by molar-refractivity contribution is 6.31. The Morgan fingerprint density at radius 3 is 2.55 bits per heavy atom. The summed E-state index contributed by atoms with van der Waals surface area (Å²) in [5, 5.41) is 12.1. The van der Waals surface area contributed by atoms with Gasteiger partial charge in [0.25, 0.3) is 5.91 Å². The first kappa shape index (κ1) is 14.4. The van der Waals surface area contributed by atoms with E-state index >= 15 is 0 Å². The summed E-state index contributed by atoms with van der Waals surface area (Å²) in [6, 6.07) is 12.0. The predicted octanol–water partition coefficient (Wildman–Crippen LogP) is 2.71. The largest absolute Gasteiger partial charge is 0.398 e. The number of hydrogen-bond donors (Lipinski definition) is 3. The number of nitrogen functional groups attached to an aromatic ring is 1. The molecule has 0 bridgehead atoms. The molecular formula is C15H15ClN2O2. The number of hydrogen-bond acceptors (Lipinski definition) is 3. The van der Waals surface area contributed by atoms with E-state index in [1.54, 1.807) is 24.3 Å². The lowest BCUT2D eigenvalue weighted by molar-refractivity contribution is 0.102. The van der Waals surface area contributed by atoms with Gasteiger partial charge in [0.05, 0.1) is 5.56 Å². The lowest BCUT2D eigenvalue weighted by atomic mass is 10.1. The zero-order valence-corrected chi connectivity index (χ0v) is 11.5. The SMILES string of the molecule is Nc1ccc(Cl)cc1C(=O)Nc1ccc(CCO)cc1. The standard InChI is InChI=1S/C15H15ClN2O2/c16-11-3-6-14(17)13(9-11)15(20)18-12-4-1-10(2-5-12)7-8-19/h1-6,9,19H,7-8,17H2,(H,18,20). The molecule has 4 N–H and O–H groups in total. The van der Waals surface area contributed by atoms with E-state index in [2.05, 4.69) is 5.32 Å². The molecule has 0 spiro atoms. The lowest BCUT2D eigenvalue weighted by Gasteiger charge is -2.08. The second kappa shape index (κ2) is 6.41. The predicted molar refractivity (Wildman–Crippen MR) is 81.0 cm³/mol. The van der Waals surface area contributed by atoms with E-state index in [4.69, 9.17) is 22.4 Å². The summed E-state index contributed by atoms with van der Waals surface area (Å²) in [6.45, 7) is 0.102. The first-order chi connectivity index (χ1) is 9.60. The van der Waals surface area contributed by atoms with Gasteiger partial charge in [-0.3, -0.25) is 4.79 Å². The van der Waals surface area contributed by atoms with E-state index in [0.717, 1.165) is 5.56 Å². The average Bonchev–Trinajstić information content (AvgIpc) is 2.44. The summed E-state index contributed by atoms with van der Waals surface area (Å²) in [5.74, 6) is -0.306. The van der Waals surface area contributed by atoms with Crippen LogP contribution in [0.15, 0.2) is 42.5 Å². The van der Waals surface area contributed by atoms with Gasteiger partial charge in [-0.1, -0.05) is 23.7 Å². The Labute approximate surface area is 122 Å². The number of nitrogens with one attached hydrogen (secondary N) is 1. The minimum atomic E-state index is -0.306. The molecule has 5 heteroatoms. The third-order valence-corrected chi connectivity index (χ3v) is 3.11. The van der Waals surface area contributed by atoms with Crippen LogP contribution < -0.4 is 11.1 Å². The molecule has 2 aromatic carbocycles. The van der Waals surface area contributed by atoms with Crippen LogP contribution in [0.25, 0.3) is 0 Å². The fourth-order valence-electron chi connectivity index (χ4n) is 1.81. The van der Waals surface area contributed by atoms with Gasteiger partial charge in [0.15, 0.2) is 0 Å². The number of nitrogens with two attached hydrogens (primary N) is 1. The monoisotopic (exact) mass is 290 g/mol. The fraction of sp³-hybridized carbons (Fsp3) is 0.133. The number of aliphatic hydroxyl groups excluding tert-OH is 1. The molecule has 0 atom stereocenters. The Bertz CT molecular complexity index is 612. The van der Waals surface area contributed by atoms with Gasteiger partial charge in [-0.05, 0) is 42.3 Å². The molecule has 20 heavy (non-hydrogen) atoms. The second-order valence-corrected chi connectivity index (χ2v) is 4.79. The van der Waals surface area contributed by atoms with Crippen LogP contribution in [0.3, 0.4) is 0 Å². The van der Waals surface area contributed by atoms with E-state index in [9.17, 15) is 4.79 Å². The van der Waals surface area contributed by atoms with Crippen molar-refractivity contribution in [2.45, 2.75) is 6.42 Å². The van der Waals surface area contributed by atoms with Crippen LogP contribution in [0.4, 0.5) is 11.4 Å². The lowest BCUT2D eigenvalue weighted by Crippen LogP contribution is -2.14. The topological polar surface area (TPSA) is 75.4 Å². The molecule has 0 saturated carbocycles. The number of anilines is 2. The Hall–Kier alpha value is -2.04. The first-order valence-electron chi connectivity index (χ1n) is 6.16. The number of aliphatic hydroxyl groups is 1. The molecule has 2 aromatic rings. The van der Waals surface area contributed by atoms with Crippen molar-refractivity contribution < 1.29 is 9.90 Å². The van der Waals surface area contributed by atoms with Crippen molar-refractivity contribution in [3.8, 4) is 0 Å². The van der Waals surface area contributed by atoms with Crippen LogP contribution in [-0.4, -0.2) is 17.6 Å². The van der Waals surface area contributed by atoms with Crippen LogP contribution in [-0.2, 0) is 6.42 Å². The minimum Gasteiger partial charge on any atom is -0.398 e. The number of carbonyl (C=O) groups excluding carboxylic acids is 1. The molecule has 0 aliphatic rings. The molecule has 0 saturated heterocycles. The highest BCUT2D eigenvalue weighted by atomic mass is 35.5. The van der Waals surface area contributed by atoms with Gasteiger partial charge >= 0.3 is 0 Å². The van der Waals surface area contributed by atoms with Gasteiger partial charge in [0, 0.05) is 23.0 Å². The molecule has 4 nitrogen and oxygen atoms in total. The van der Waals surface area contributed by atoms with Crippen molar-refractivity contribution in [3.63, 3.8) is 0 Å². The van der Waals surface area contributed by atoms with Crippen molar-refractivity contribution in [2.24, 2.45) is 0 Å². The molecule has 0 unspecified atom stereocenters. The van der Waals surface area contributed by atoms with Gasteiger partial charge < -0.3 is 16.2 Å². The van der Waals surface area contributed by atoms with Crippen LogP contribution >= 0.6 is 11.6 Å². The van der Waals surface area contributed by atoms with Crippen LogP contribution in [0.1, 0.15) is 15.9 Å². The summed E-state index contributed by atoms with van der Waals surface area (Å²) in [4.78, 5) is 12.1. The van der Waals surface area contributed by atoms with Crippen molar-refractivity contribution in [3.05, 3.63) is 58.6 Å². The highest BCUT2D eigenvalue weighted by Gasteiger charge is 2.10. The fourth-order valence-corrected chi connectivity index (χ4v) is 1.98. The Balaban J connectivity index is 2.13. The third kappa shape index (κ3) is 3.50. The molecule has 1 amide bonds. The summed E-state index contributed by atoms with van der Waals surface area (Å²) >= 11 is 5.86. The molecule has 0 fully saturated rings. The van der Waals surface area contributed by atoms with Crippen molar-refractivity contribution >= 4 is 28.9 Å². The smallest absolute Gasteiger partial charge is 0.257 e. The van der Waals surface area contributed by atoms with Crippen LogP contribution in [0, 0.1) is 0 Å². The zero-order chi connectivity index (χ0) is 14.5. The molecule has 0 heterocycles. The molecule has 2 rings (SSSR count). The summed E-state index contributed by atoms with van der Waals surface area (Å²) < 4.78 is 0. The number of carbonyl (C=O) groups is 1. The molecule has 104 valence electrons. The molecule has 0 aliphatic carbocycles. The Morgan fingerprint density at radius 2 is 1.90 bits per heavy atom. The quantitative estimate of drug-likeness (QED) is 0.758. The highest BCUT2D eigenvalue weighted by Crippen LogP contribution is 2.19. The minimum absolute atomic E-state index is 0.102. The van der Waals surface area contributed by atoms with E-state index in [1.165, 1.54) is 6.07 Å². The molecular weight excluding hydrogens is 276 g/mol. The third-order valence-electron chi connectivity index (χ3n) is 2.87. The molecule has 0 radical (unpaired) electrons. The normalized spacial score (nSPS) is 10.3. The maximum atomic E-state index is 12.1. The van der Waals surface area contributed by atoms with Gasteiger partial charge in [-0.2, -0.15) is 0 Å². The zero-order valence-electron chi connectivity index (χ0n) is 10.8. The Morgan fingerprint density at radius 1 is 1.20 bits per heavy atom. The van der Waals surface area contributed by atoms with Gasteiger partial charge in [-0.15, -0.1) is 0 Å². The van der Waals surface area contributed by atoms with Crippen molar-refractivity contribution in [1.82, 2.24) is 0 Å². The second-order valence-electron chi connectivity index (χ2n) is 4.36. The number of halogens is 1. The summed E-state index contributed by atoms with van der Waals surface area (Å²) in [5.41, 5.74) is 8.15. The number of rotatable bonds is 4. The van der Waals surface area contributed by atoms with E-state index in [1.807, 2.05) is 12.1 Å². The maximum absolute atomic E-state index is 12.1. The maximum Gasteiger partial charge on any atom is 0.257 e. The Kier molecular flexibility index (Phi) is 4.61. The van der Waals surface area contributed by atoms with Gasteiger partial charge in [0.2, 0.25) is 0 Å². The average molecular weight is 291 g/mol. The van der Waals surface area contributed by atoms with Crippen molar-refractivity contribution in [1.29, 1.82) is 0 Å². The first-order valence-corrected chi connectivity index (χ1v) is 6.54. The van der Waals surface area contributed by atoms with Crippen LogP contribution in [0.5, 0.6) is 0 Å². The molecule has 0 aliphatic heterocycles. The summed E-state index contributed by atoms with van der Waals surface area (Å²) in [7, 11) is 0. The van der Waals surface area contributed by atoms with Crippen LogP contribution in [0.2, 0.25) is 5.02 Å². The molecule has 0 aromatic heterocycles. The van der Waals surface area contributed by atoms with Gasteiger partial charge in [-0.25, -0.2) is 0 Å². The van der Waals surface area contributed by atoms with Crippen molar-refractivity contribution in [2.75, 3.05) is 17.7 Å². The van der Waals surface area contributed by atoms with E-state index in [0.29, 0.717) is 28.4 Å². The van der Waals surface area contributed by atoms with E-state index < -0.39 is 0 Å². The number of benzene rings is 2. The number of amides is 1. The summed E-state index contributed by atoms with van der Waals surface area (Å²) in [6.07, 6.45) is 0.593.